The minimum Gasteiger partial charge on any atom is -0.365 e. The Morgan fingerprint density at radius 2 is 2.25 bits per heavy atom. The molecule has 3 aromatic rings. The largest absolute Gasteiger partial charge is 0.365 e. The van der Waals surface area contributed by atoms with Crippen LogP contribution in [0.1, 0.15) is 39.7 Å². The van der Waals surface area contributed by atoms with E-state index in [0.29, 0.717) is 11.5 Å². The van der Waals surface area contributed by atoms with Gasteiger partial charge in [0.2, 0.25) is 0 Å². The summed E-state index contributed by atoms with van der Waals surface area (Å²) in [6, 6.07) is 8.10. The van der Waals surface area contributed by atoms with Crippen LogP contribution in [-0.2, 0) is 12.8 Å². The molecule has 0 radical (unpaired) electrons. The summed E-state index contributed by atoms with van der Waals surface area (Å²) >= 11 is 1.61. The maximum atomic E-state index is 12.0. The lowest BCUT2D eigenvalue weighted by Crippen LogP contribution is -2.16. The Bertz CT molecular complexity index is 951. The minimum absolute atomic E-state index is 0.367. The van der Waals surface area contributed by atoms with Crippen LogP contribution in [0.5, 0.6) is 0 Å². The van der Waals surface area contributed by atoms with Gasteiger partial charge in [0.1, 0.15) is 5.00 Å². The molecule has 0 saturated heterocycles. The summed E-state index contributed by atoms with van der Waals surface area (Å²) in [5, 5.41) is 1.86. The van der Waals surface area contributed by atoms with Gasteiger partial charge < -0.3 is 10.7 Å². The highest BCUT2D eigenvalue weighted by Gasteiger charge is 2.26. The third-order valence-corrected chi connectivity index (χ3v) is 5.84. The Morgan fingerprint density at radius 3 is 3.08 bits per heavy atom. The number of rotatable bonds is 3. The molecule has 0 unspecified atom stereocenters. The van der Waals surface area contributed by atoms with Gasteiger partial charge in [-0.1, -0.05) is 25.1 Å². The standard InChI is InChI=1S/C19H19N3OS/c1-11-6-7-14-16(8-11)24-19(17(14)18(20)23)22-10-12-9-21-15-5-3-2-4-13(12)15/h2-5,9-11,21H,6-8H2,1H3,(H2,20,23)/b22-10+/t11-/m0/s1. The number of aliphatic imine (C=N–C) groups is 1. The van der Waals surface area contributed by atoms with Gasteiger partial charge in [-0.15, -0.1) is 11.3 Å². The van der Waals surface area contributed by atoms with Gasteiger partial charge >= 0.3 is 0 Å². The molecular weight excluding hydrogens is 318 g/mol. The van der Waals surface area contributed by atoms with Crippen molar-refractivity contribution in [1.29, 1.82) is 0 Å². The maximum absolute atomic E-state index is 12.0. The second-order valence-electron chi connectivity index (χ2n) is 6.44. The molecule has 4 nitrogen and oxygen atoms in total. The molecule has 0 fully saturated rings. The normalized spacial score (nSPS) is 17.5. The molecule has 2 heterocycles. The number of hydrogen-bond acceptors (Lipinski definition) is 3. The van der Waals surface area contributed by atoms with E-state index in [2.05, 4.69) is 23.0 Å². The molecular formula is C19H19N3OS. The fourth-order valence-corrected chi connectivity index (χ4v) is 4.77. The summed E-state index contributed by atoms with van der Waals surface area (Å²) in [6.45, 7) is 2.25. The van der Waals surface area contributed by atoms with Crippen molar-refractivity contribution in [3.8, 4) is 0 Å². The van der Waals surface area contributed by atoms with E-state index in [4.69, 9.17) is 5.73 Å². The van der Waals surface area contributed by atoms with Crippen molar-refractivity contribution in [3.05, 3.63) is 52.0 Å². The second-order valence-corrected chi connectivity index (χ2v) is 7.53. The molecule has 5 heteroatoms. The fourth-order valence-electron chi connectivity index (χ4n) is 3.41. The first-order chi connectivity index (χ1) is 11.6. The number of benzene rings is 1. The van der Waals surface area contributed by atoms with E-state index in [1.807, 2.05) is 30.6 Å². The first-order valence-electron chi connectivity index (χ1n) is 8.18. The molecule has 3 N–H and O–H groups in total. The smallest absolute Gasteiger partial charge is 0.252 e. The van der Waals surface area contributed by atoms with Crippen molar-refractivity contribution < 1.29 is 4.79 Å². The highest BCUT2D eigenvalue weighted by molar-refractivity contribution is 7.16. The summed E-state index contributed by atoms with van der Waals surface area (Å²) in [6.07, 6.45) is 6.81. The predicted molar refractivity (Wildman–Crippen MR) is 99.6 cm³/mol. The molecule has 1 aliphatic carbocycles. The van der Waals surface area contributed by atoms with Crippen molar-refractivity contribution in [2.45, 2.75) is 26.2 Å². The molecule has 1 aromatic carbocycles. The van der Waals surface area contributed by atoms with E-state index >= 15 is 0 Å². The van der Waals surface area contributed by atoms with Crippen LogP contribution >= 0.6 is 11.3 Å². The number of nitrogens with one attached hydrogen (secondary N) is 1. The summed E-state index contributed by atoms with van der Waals surface area (Å²) in [5.41, 5.74) is 9.48. The zero-order valence-corrected chi connectivity index (χ0v) is 14.3. The molecule has 1 aliphatic rings. The average Bonchev–Trinajstić information content (AvgIpc) is 3.13. The lowest BCUT2D eigenvalue weighted by atomic mass is 9.88. The summed E-state index contributed by atoms with van der Waals surface area (Å²) in [4.78, 5) is 21.1. The number of nitrogens with two attached hydrogens (primary N) is 1. The van der Waals surface area contributed by atoms with Crippen molar-refractivity contribution in [1.82, 2.24) is 4.98 Å². The van der Waals surface area contributed by atoms with Crippen LogP contribution in [0.4, 0.5) is 5.00 Å². The minimum atomic E-state index is -0.367. The number of fused-ring (bicyclic) bond motifs is 2. The van der Waals surface area contributed by atoms with Crippen LogP contribution in [0.3, 0.4) is 0 Å². The number of hydrogen-bond donors (Lipinski definition) is 2. The first-order valence-corrected chi connectivity index (χ1v) is 8.99. The van der Waals surface area contributed by atoms with Gasteiger partial charge in [0.15, 0.2) is 0 Å². The Kier molecular flexibility index (Phi) is 3.73. The van der Waals surface area contributed by atoms with Crippen LogP contribution in [-0.4, -0.2) is 17.1 Å². The number of nitrogens with zero attached hydrogens (tertiary/aromatic N) is 1. The van der Waals surface area contributed by atoms with Crippen LogP contribution in [0.15, 0.2) is 35.5 Å². The Hall–Kier alpha value is -2.40. The molecule has 1 amide bonds. The highest BCUT2D eigenvalue weighted by Crippen LogP contribution is 2.41. The quantitative estimate of drug-likeness (QED) is 0.691. The van der Waals surface area contributed by atoms with E-state index in [9.17, 15) is 4.79 Å². The maximum Gasteiger partial charge on any atom is 0.252 e. The van der Waals surface area contributed by atoms with Crippen LogP contribution < -0.4 is 5.73 Å². The van der Waals surface area contributed by atoms with Crippen LogP contribution in [0.2, 0.25) is 0 Å². The molecule has 4 rings (SSSR count). The van der Waals surface area contributed by atoms with Gasteiger partial charge in [-0.05, 0) is 36.8 Å². The van der Waals surface area contributed by atoms with Gasteiger partial charge in [-0.2, -0.15) is 0 Å². The van der Waals surface area contributed by atoms with Crippen LogP contribution in [0.25, 0.3) is 10.9 Å². The van der Waals surface area contributed by atoms with Crippen molar-refractivity contribution >= 4 is 39.4 Å². The number of primary amides is 1. The predicted octanol–water partition coefficient (Wildman–Crippen LogP) is 4.20. The van der Waals surface area contributed by atoms with E-state index in [1.54, 1.807) is 11.3 Å². The topological polar surface area (TPSA) is 71.2 Å². The lowest BCUT2D eigenvalue weighted by molar-refractivity contribution is 0.1000. The van der Waals surface area contributed by atoms with Crippen molar-refractivity contribution in [2.24, 2.45) is 16.6 Å². The van der Waals surface area contributed by atoms with Gasteiger partial charge in [0.25, 0.3) is 5.91 Å². The van der Waals surface area contributed by atoms with E-state index in [1.165, 1.54) is 4.88 Å². The number of aromatic amines is 1. The highest BCUT2D eigenvalue weighted by atomic mass is 32.1. The third-order valence-electron chi connectivity index (χ3n) is 4.68. The summed E-state index contributed by atoms with van der Waals surface area (Å²) in [7, 11) is 0. The van der Waals surface area contributed by atoms with E-state index in [-0.39, 0.29) is 5.91 Å². The number of carbonyl (C=O) groups is 1. The number of carbonyl (C=O) groups excluding carboxylic acids is 1. The Labute approximate surface area is 144 Å². The van der Waals surface area contributed by atoms with E-state index < -0.39 is 0 Å². The zero-order chi connectivity index (χ0) is 16.7. The number of para-hydroxylation sites is 1. The van der Waals surface area contributed by atoms with Gasteiger partial charge in [-0.3, -0.25) is 4.79 Å². The summed E-state index contributed by atoms with van der Waals surface area (Å²) < 4.78 is 0. The van der Waals surface area contributed by atoms with Crippen LogP contribution in [0, 0.1) is 5.92 Å². The SMILES string of the molecule is C[C@H]1CCc2c(sc(/N=C/c3c[nH]c4ccccc34)c2C(N)=O)C1. The Morgan fingerprint density at radius 1 is 1.42 bits per heavy atom. The van der Waals surface area contributed by atoms with Gasteiger partial charge in [0.05, 0.1) is 5.56 Å². The van der Waals surface area contributed by atoms with Gasteiger partial charge in [0, 0.05) is 33.8 Å². The summed E-state index contributed by atoms with van der Waals surface area (Å²) in [5.74, 6) is 0.287. The molecule has 0 spiro atoms. The molecule has 1 atom stereocenters. The molecule has 0 bridgehead atoms. The van der Waals surface area contributed by atoms with Crippen molar-refractivity contribution in [2.75, 3.05) is 0 Å². The second kappa shape index (κ2) is 5.91. The van der Waals surface area contributed by atoms with E-state index in [0.717, 1.165) is 46.3 Å². The molecule has 0 saturated carbocycles. The average molecular weight is 337 g/mol. The molecule has 122 valence electrons. The van der Waals surface area contributed by atoms with Gasteiger partial charge in [-0.25, -0.2) is 4.99 Å². The Balaban J connectivity index is 1.75. The number of amides is 1. The van der Waals surface area contributed by atoms with Crippen molar-refractivity contribution in [3.63, 3.8) is 0 Å². The molecule has 2 aromatic heterocycles. The zero-order valence-electron chi connectivity index (χ0n) is 13.5. The first kappa shape index (κ1) is 15.1. The number of thiophene rings is 1. The number of aromatic nitrogens is 1. The molecule has 24 heavy (non-hydrogen) atoms. The lowest BCUT2D eigenvalue weighted by Gasteiger charge is -2.18. The fraction of sp³-hybridized carbons (Fsp3) is 0.263. The number of H-pyrrole nitrogens is 1. The molecule has 0 aliphatic heterocycles. The third kappa shape index (κ3) is 2.55. The monoisotopic (exact) mass is 337 g/mol.